The van der Waals surface area contributed by atoms with Gasteiger partial charge in [0.15, 0.2) is 11.5 Å². The summed E-state index contributed by atoms with van der Waals surface area (Å²) in [5.74, 6) is 1.53. The lowest BCUT2D eigenvalue weighted by Crippen LogP contribution is -2.23. The number of rotatable bonds is 5. The van der Waals surface area contributed by atoms with Crippen molar-refractivity contribution in [2.24, 2.45) is 0 Å². The predicted octanol–water partition coefficient (Wildman–Crippen LogP) is 4.22. The largest absolute Gasteiger partial charge is 0.491 e. The smallest absolute Gasteiger partial charge is 0.251 e. The van der Waals surface area contributed by atoms with Crippen LogP contribution < -0.4 is 19.5 Å². The first-order valence-electron chi connectivity index (χ1n) is 8.66. The van der Waals surface area contributed by atoms with Gasteiger partial charge in [-0.05, 0) is 32.0 Å². The number of carbonyl (C=O) groups excluding carboxylic acids is 1. The van der Waals surface area contributed by atoms with E-state index < -0.39 is 0 Å². The van der Waals surface area contributed by atoms with Crippen LogP contribution in [0.4, 0.5) is 0 Å². The van der Waals surface area contributed by atoms with Gasteiger partial charge in [0.25, 0.3) is 5.91 Å². The number of hydrogen-bond donors (Lipinski definition) is 1. The SMILES string of the molecule is CC(C)Oc1ccccc1CNC(=O)c1cc(Cl)c2c(c1)OCCCO2. The maximum absolute atomic E-state index is 12.6. The van der Waals surface area contributed by atoms with Crippen LogP contribution in [-0.2, 0) is 6.54 Å². The normalized spacial score (nSPS) is 13.2. The summed E-state index contributed by atoms with van der Waals surface area (Å²) in [4.78, 5) is 12.6. The van der Waals surface area contributed by atoms with E-state index in [4.69, 9.17) is 25.8 Å². The average Bonchev–Trinajstić information content (AvgIpc) is 2.86. The van der Waals surface area contributed by atoms with Crippen molar-refractivity contribution >= 4 is 17.5 Å². The van der Waals surface area contributed by atoms with Crippen LogP contribution in [0.5, 0.6) is 17.2 Å². The first kappa shape index (κ1) is 18.4. The molecule has 1 amide bonds. The Kier molecular flexibility index (Phi) is 5.89. The first-order valence-corrected chi connectivity index (χ1v) is 9.04. The van der Waals surface area contributed by atoms with Crippen LogP contribution in [0.15, 0.2) is 36.4 Å². The maximum atomic E-state index is 12.6. The molecule has 0 saturated heterocycles. The number of nitrogens with one attached hydrogen (secondary N) is 1. The Morgan fingerprint density at radius 3 is 2.81 bits per heavy atom. The molecule has 1 aliphatic heterocycles. The van der Waals surface area contributed by atoms with Crippen LogP contribution >= 0.6 is 11.6 Å². The van der Waals surface area contributed by atoms with Gasteiger partial charge in [0.2, 0.25) is 0 Å². The van der Waals surface area contributed by atoms with E-state index in [1.807, 2.05) is 38.1 Å². The summed E-state index contributed by atoms with van der Waals surface area (Å²) in [7, 11) is 0. The zero-order valence-electron chi connectivity index (χ0n) is 14.9. The molecule has 3 rings (SSSR count). The van der Waals surface area contributed by atoms with Crippen molar-refractivity contribution in [2.45, 2.75) is 32.9 Å². The van der Waals surface area contributed by atoms with E-state index >= 15 is 0 Å². The fourth-order valence-electron chi connectivity index (χ4n) is 2.66. The van der Waals surface area contributed by atoms with Gasteiger partial charge in [-0.25, -0.2) is 0 Å². The van der Waals surface area contributed by atoms with Crippen molar-refractivity contribution in [1.29, 1.82) is 0 Å². The van der Waals surface area contributed by atoms with Crippen LogP contribution in [-0.4, -0.2) is 25.2 Å². The Hall–Kier alpha value is -2.40. The highest BCUT2D eigenvalue weighted by molar-refractivity contribution is 6.32. The quantitative estimate of drug-likeness (QED) is 0.850. The van der Waals surface area contributed by atoms with E-state index in [1.165, 1.54) is 0 Å². The van der Waals surface area contributed by atoms with Crippen LogP contribution in [0.1, 0.15) is 36.2 Å². The Morgan fingerprint density at radius 1 is 1.23 bits per heavy atom. The van der Waals surface area contributed by atoms with Gasteiger partial charge in [-0.3, -0.25) is 4.79 Å². The molecule has 5 nitrogen and oxygen atoms in total. The molecule has 1 heterocycles. The summed E-state index contributed by atoms with van der Waals surface area (Å²) in [6.45, 7) is 5.37. The minimum absolute atomic E-state index is 0.0624. The molecule has 0 fully saturated rings. The van der Waals surface area contributed by atoms with Crippen LogP contribution in [0, 0.1) is 0 Å². The molecule has 0 radical (unpaired) electrons. The highest BCUT2D eigenvalue weighted by Gasteiger charge is 2.18. The molecular formula is C20H22ClNO4. The number of benzene rings is 2. The Labute approximate surface area is 158 Å². The zero-order chi connectivity index (χ0) is 18.5. The summed E-state index contributed by atoms with van der Waals surface area (Å²) < 4.78 is 17.0. The zero-order valence-corrected chi connectivity index (χ0v) is 15.6. The minimum atomic E-state index is -0.234. The Balaban J connectivity index is 1.73. The molecule has 6 heteroatoms. The summed E-state index contributed by atoms with van der Waals surface area (Å²) in [6.07, 6.45) is 0.839. The van der Waals surface area contributed by atoms with Gasteiger partial charge in [-0.1, -0.05) is 29.8 Å². The maximum Gasteiger partial charge on any atom is 0.251 e. The van der Waals surface area contributed by atoms with Crippen LogP contribution in [0.25, 0.3) is 0 Å². The average molecular weight is 376 g/mol. The molecule has 26 heavy (non-hydrogen) atoms. The van der Waals surface area contributed by atoms with Gasteiger partial charge >= 0.3 is 0 Å². The standard InChI is InChI=1S/C20H22ClNO4/c1-13(2)26-17-7-4-3-6-14(17)12-22-20(23)15-10-16(21)19-18(11-15)24-8-5-9-25-19/h3-4,6-7,10-11,13H,5,8-9,12H2,1-2H3,(H,22,23). The van der Waals surface area contributed by atoms with Gasteiger partial charge in [-0.15, -0.1) is 0 Å². The van der Waals surface area contributed by atoms with Gasteiger partial charge in [-0.2, -0.15) is 0 Å². The lowest BCUT2D eigenvalue weighted by molar-refractivity contribution is 0.0950. The molecule has 1 N–H and O–H groups in total. The van der Waals surface area contributed by atoms with E-state index in [-0.39, 0.29) is 12.0 Å². The third-order valence-corrected chi connectivity index (χ3v) is 4.12. The molecule has 138 valence electrons. The number of halogens is 1. The molecule has 0 aromatic heterocycles. The lowest BCUT2D eigenvalue weighted by Gasteiger charge is -2.15. The molecule has 0 aliphatic carbocycles. The highest BCUT2D eigenvalue weighted by Crippen LogP contribution is 2.38. The van der Waals surface area contributed by atoms with Crippen molar-refractivity contribution in [3.8, 4) is 17.2 Å². The second-order valence-electron chi connectivity index (χ2n) is 6.29. The first-order chi connectivity index (χ1) is 12.5. The topological polar surface area (TPSA) is 56.8 Å². The van der Waals surface area contributed by atoms with Crippen LogP contribution in [0.3, 0.4) is 0 Å². The monoisotopic (exact) mass is 375 g/mol. The van der Waals surface area contributed by atoms with Crippen molar-refractivity contribution in [3.05, 3.63) is 52.5 Å². The van der Waals surface area contributed by atoms with E-state index in [0.29, 0.717) is 41.8 Å². The van der Waals surface area contributed by atoms with Crippen molar-refractivity contribution in [1.82, 2.24) is 5.32 Å². The molecule has 2 aromatic carbocycles. The van der Waals surface area contributed by atoms with Crippen molar-refractivity contribution in [2.75, 3.05) is 13.2 Å². The van der Waals surface area contributed by atoms with E-state index in [0.717, 1.165) is 17.7 Å². The van der Waals surface area contributed by atoms with E-state index in [1.54, 1.807) is 12.1 Å². The minimum Gasteiger partial charge on any atom is -0.491 e. The van der Waals surface area contributed by atoms with Crippen molar-refractivity contribution < 1.29 is 19.0 Å². The van der Waals surface area contributed by atoms with Crippen LogP contribution in [0.2, 0.25) is 5.02 Å². The fraction of sp³-hybridized carbons (Fsp3) is 0.350. The summed E-state index contributed by atoms with van der Waals surface area (Å²) in [5, 5.41) is 3.28. The summed E-state index contributed by atoms with van der Waals surface area (Å²) in [6, 6.07) is 10.9. The van der Waals surface area contributed by atoms with Gasteiger partial charge in [0.1, 0.15) is 5.75 Å². The lowest BCUT2D eigenvalue weighted by atomic mass is 10.1. The molecular weight excluding hydrogens is 354 g/mol. The summed E-state index contributed by atoms with van der Waals surface area (Å²) in [5.41, 5.74) is 1.34. The number of hydrogen-bond acceptors (Lipinski definition) is 4. The van der Waals surface area contributed by atoms with Gasteiger partial charge in [0.05, 0.1) is 24.3 Å². The molecule has 0 saturated carbocycles. The number of amides is 1. The van der Waals surface area contributed by atoms with Gasteiger partial charge in [0, 0.05) is 24.1 Å². The molecule has 1 aliphatic rings. The second kappa shape index (κ2) is 8.32. The van der Waals surface area contributed by atoms with E-state index in [9.17, 15) is 4.79 Å². The number of para-hydroxylation sites is 1. The number of fused-ring (bicyclic) bond motifs is 1. The molecule has 0 atom stereocenters. The number of ether oxygens (including phenoxy) is 3. The third-order valence-electron chi connectivity index (χ3n) is 3.84. The van der Waals surface area contributed by atoms with E-state index in [2.05, 4.69) is 5.32 Å². The van der Waals surface area contributed by atoms with Gasteiger partial charge < -0.3 is 19.5 Å². The Morgan fingerprint density at radius 2 is 2.00 bits per heavy atom. The molecule has 2 aromatic rings. The molecule has 0 unspecified atom stereocenters. The number of carbonyl (C=O) groups is 1. The Bertz CT molecular complexity index is 791. The highest BCUT2D eigenvalue weighted by atomic mass is 35.5. The second-order valence-corrected chi connectivity index (χ2v) is 6.70. The summed E-state index contributed by atoms with van der Waals surface area (Å²) >= 11 is 6.26. The van der Waals surface area contributed by atoms with Crippen molar-refractivity contribution in [3.63, 3.8) is 0 Å². The fourth-order valence-corrected chi connectivity index (χ4v) is 2.92. The third kappa shape index (κ3) is 4.41. The predicted molar refractivity (Wildman–Crippen MR) is 100 cm³/mol. The molecule has 0 spiro atoms. The molecule has 0 bridgehead atoms.